The fraction of sp³-hybridized carbons (Fsp3) is 0.652. The van der Waals surface area contributed by atoms with E-state index in [2.05, 4.69) is 48.4 Å². The van der Waals surface area contributed by atoms with Crippen molar-refractivity contribution in [3.63, 3.8) is 0 Å². The number of likely N-dealkylation sites (tertiary alicyclic amines) is 1. The number of carbonyl (C=O) groups excluding carboxylic acids is 1. The minimum atomic E-state index is -0.104. The van der Waals surface area contributed by atoms with Crippen LogP contribution in [0.1, 0.15) is 39.2 Å². The fourth-order valence-corrected chi connectivity index (χ4v) is 3.49. The van der Waals surface area contributed by atoms with Crippen molar-refractivity contribution in [1.29, 1.82) is 0 Å². The zero-order valence-electron chi connectivity index (χ0n) is 19.9. The molecule has 0 spiro atoms. The van der Waals surface area contributed by atoms with Crippen molar-refractivity contribution in [3.05, 3.63) is 29.8 Å². The molecule has 8 heteroatoms. The molecule has 1 heterocycles. The molecule has 1 aromatic rings. The lowest BCUT2D eigenvalue weighted by Crippen LogP contribution is -2.50. The third-order valence-electron chi connectivity index (χ3n) is 5.61. The minimum absolute atomic E-state index is 0. The Hall–Kier alpha value is -1.55. The number of amides is 1. The number of ether oxygens (including phenoxy) is 1. The monoisotopic (exact) mass is 545 g/mol. The summed E-state index contributed by atoms with van der Waals surface area (Å²) >= 11 is 0. The van der Waals surface area contributed by atoms with E-state index in [9.17, 15) is 4.79 Å². The molecule has 7 nitrogen and oxygen atoms in total. The van der Waals surface area contributed by atoms with E-state index in [0.717, 1.165) is 44.2 Å². The summed E-state index contributed by atoms with van der Waals surface area (Å²) in [5.41, 5.74) is 1.10. The number of aliphatic imine (C=N–C) groups is 1. The number of guanidine groups is 1. The molecule has 1 fully saturated rings. The number of hydrogen-bond acceptors (Lipinski definition) is 4. The Morgan fingerprint density at radius 1 is 1.29 bits per heavy atom. The van der Waals surface area contributed by atoms with Gasteiger partial charge < -0.3 is 20.3 Å². The Kier molecular flexibility index (Phi) is 11.6. The van der Waals surface area contributed by atoms with Gasteiger partial charge in [0.05, 0.1) is 20.2 Å². The van der Waals surface area contributed by atoms with Gasteiger partial charge in [-0.15, -0.1) is 24.0 Å². The topological polar surface area (TPSA) is 69.2 Å². The van der Waals surface area contributed by atoms with Crippen molar-refractivity contribution in [2.75, 3.05) is 53.9 Å². The average molecular weight is 546 g/mol. The number of nitrogens with zero attached hydrogens (tertiary/aromatic N) is 3. The van der Waals surface area contributed by atoms with Gasteiger partial charge in [0.2, 0.25) is 5.91 Å². The zero-order chi connectivity index (χ0) is 22.1. The second-order valence-corrected chi connectivity index (χ2v) is 8.79. The van der Waals surface area contributed by atoms with E-state index < -0.39 is 0 Å². The second-order valence-electron chi connectivity index (χ2n) is 8.79. The Balaban J connectivity index is 0.00000480. The number of benzene rings is 1. The molecule has 0 bridgehead atoms. The fourth-order valence-electron chi connectivity index (χ4n) is 3.49. The lowest BCUT2D eigenvalue weighted by molar-refractivity contribution is -0.130. The van der Waals surface area contributed by atoms with Gasteiger partial charge in [-0.1, -0.05) is 26.0 Å². The molecule has 1 aliphatic heterocycles. The van der Waals surface area contributed by atoms with Gasteiger partial charge in [0.25, 0.3) is 0 Å². The third kappa shape index (κ3) is 8.84. The maximum absolute atomic E-state index is 11.9. The molecule has 31 heavy (non-hydrogen) atoms. The molecule has 0 aromatic heterocycles. The van der Waals surface area contributed by atoms with E-state index >= 15 is 0 Å². The highest BCUT2D eigenvalue weighted by Crippen LogP contribution is 2.26. The first-order valence-corrected chi connectivity index (χ1v) is 10.9. The first-order valence-electron chi connectivity index (χ1n) is 10.9. The van der Waals surface area contributed by atoms with Crippen LogP contribution in [-0.4, -0.2) is 81.6 Å². The molecule has 0 saturated carbocycles. The van der Waals surface area contributed by atoms with Crippen LogP contribution < -0.4 is 15.4 Å². The second kappa shape index (κ2) is 13.1. The minimum Gasteiger partial charge on any atom is -0.497 e. The molecular weight excluding hydrogens is 505 g/mol. The molecule has 0 unspecified atom stereocenters. The Morgan fingerprint density at radius 2 is 1.97 bits per heavy atom. The summed E-state index contributed by atoms with van der Waals surface area (Å²) in [6.45, 7) is 10.3. The maximum atomic E-state index is 11.9. The molecule has 0 atom stereocenters. The number of halogens is 1. The summed E-state index contributed by atoms with van der Waals surface area (Å²) in [6.07, 6.45) is 2.01. The predicted octanol–water partition coefficient (Wildman–Crippen LogP) is 2.70. The van der Waals surface area contributed by atoms with Crippen LogP contribution in [0, 0.1) is 0 Å². The molecule has 2 rings (SSSR count). The lowest BCUT2D eigenvalue weighted by atomic mass is 9.84. The van der Waals surface area contributed by atoms with Crippen LogP contribution in [0.25, 0.3) is 0 Å². The van der Waals surface area contributed by atoms with Crippen molar-refractivity contribution < 1.29 is 9.53 Å². The predicted molar refractivity (Wildman–Crippen MR) is 139 cm³/mol. The SMILES string of the molecule is CCNC(=NCC(C)(C)c1cccc(OC)c1)NC1CCN(CC(=O)N(C)C)CC1.I. The van der Waals surface area contributed by atoms with Gasteiger partial charge in [0.1, 0.15) is 5.75 Å². The number of rotatable bonds is 8. The number of methoxy groups -OCH3 is 1. The molecular formula is C23H40IN5O2. The van der Waals surface area contributed by atoms with E-state index in [-0.39, 0.29) is 35.3 Å². The molecule has 1 aliphatic rings. The molecule has 0 radical (unpaired) electrons. The summed E-state index contributed by atoms with van der Waals surface area (Å²) in [7, 11) is 5.31. The van der Waals surface area contributed by atoms with E-state index in [1.165, 1.54) is 5.56 Å². The van der Waals surface area contributed by atoms with Gasteiger partial charge in [-0.05, 0) is 37.5 Å². The summed E-state index contributed by atoms with van der Waals surface area (Å²) in [4.78, 5) is 20.7. The van der Waals surface area contributed by atoms with Gasteiger partial charge in [-0.25, -0.2) is 0 Å². The summed E-state index contributed by atoms with van der Waals surface area (Å²) in [5, 5.41) is 6.97. The average Bonchev–Trinajstić information content (AvgIpc) is 2.73. The van der Waals surface area contributed by atoms with Crippen molar-refractivity contribution in [3.8, 4) is 5.75 Å². The molecule has 1 saturated heterocycles. The summed E-state index contributed by atoms with van der Waals surface area (Å²) < 4.78 is 5.37. The van der Waals surface area contributed by atoms with Crippen molar-refractivity contribution in [2.24, 2.45) is 4.99 Å². The largest absolute Gasteiger partial charge is 0.497 e. The Bertz CT molecular complexity index is 716. The quantitative estimate of drug-likeness (QED) is 0.299. The van der Waals surface area contributed by atoms with E-state index in [0.29, 0.717) is 19.1 Å². The van der Waals surface area contributed by atoms with Crippen LogP contribution in [-0.2, 0) is 10.2 Å². The van der Waals surface area contributed by atoms with Crippen LogP contribution in [0.3, 0.4) is 0 Å². The normalized spacial score (nSPS) is 15.7. The highest BCUT2D eigenvalue weighted by molar-refractivity contribution is 14.0. The highest BCUT2D eigenvalue weighted by atomic mass is 127. The maximum Gasteiger partial charge on any atom is 0.236 e. The first kappa shape index (κ1) is 27.5. The number of hydrogen-bond donors (Lipinski definition) is 2. The van der Waals surface area contributed by atoms with Crippen LogP contribution in [0.15, 0.2) is 29.3 Å². The van der Waals surface area contributed by atoms with Crippen molar-refractivity contribution in [2.45, 2.75) is 45.1 Å². The zero-order valence-corrected chi connectivity index (χ0v) is 22.2. The Labute approximate surface area is 205 Å². The highest BCUT2D eigenvalue weighted by Gasteiger charge is 2.24. The molecule has 1 amide bonds. The van der Waals surface area contributed by atoms with Crippen LogP contribution in [0.4, 0.5) is 0 Å². The van der Waals surface area contributed by atoms with Gasteiger partial charge in [0.15, 0.2) is 5.96 Å². The van der Waals surface area contributed by atoms with Crippen LogP contribution >= 0.6 is 24.0 Å². The molecule has 2 N–H and O–H groups in total. The smallest absolute Gasteiger partial charge is 0.236 e. The number of nitrogens with one attached hydrogen (secondary N) is 2. The Morgan fingerprint density at radius 3 is 2.55 bits per heavy atom. The third-order valence-corrected chi connectivity index (χ3v) is 5.61. The van der Waals surface area contributed by atoms with Gasteiger partial charge >= 0.3 is 0 Å². The van der Waals surface area contributed by atoms with E-state index in [1.807, 2.05) is 26.2 Å². The summed E-state index contributed by atoms with van der Waals surface area (Å²) in [6, 6.07) is 8.57. The van der Waals surface area contributed by atoms with Crippen LogP contribution in [0.5, 0.6) is 5.75 Å². The van der Waals surface area contributed by atoms with Gasteiger partial charge in [0, 0.05) is 45.2 Å². The number of likely N-dealkylation sites (N-methyl/N-ethyl adjacent to an activating group) is 1. The van der Waals surface area contributed by atoms with Gasteiger partial charge in [-0.2, -0.15) is 0 Å². The number of carbonyl (C=O) groups is 1. The van der Waals surface area contributed by atoms with E-state index in [4.69, 9.17) is 9.73 Å². The van der Waals surface area contributed by atoms with Crippen molar-refractivity contribution >= 4 is 35.8 Å². The van der Waals surface area contributed by atoms with Crippen molar-refractivity contribution in [1.82, 2.24) is 20.4 Å². The van der Waals surface area contributed by atoms with E-state index in [1.54, 1.807) is 12.0 Å². The standard InChI is InChI=1S/C23H39N5O2.HI/c1-7-24-22(25-17-23(2,3)18-9-8-10-20(15-18)30-6)26-19-11-13-28(14-12-19)16-21(29)27(4)5;/h8-10,15,19H,7,11-14,16-17H2,1-6H3,(H2,24,25,26);1H. The molecule has 176 valence electrons. The van der Waals surface area contributed by atoms with Crippen LogP contribution in [0.2, 0.25) is 0 Å². The number of piperidine rings is 1. The molecule has 0 aliphatic carbocycles. The summed E-state index contributed by atoms with van der Waals surface area (Å²) in [5.74, 6) is 1.89. The first-order chi connectivity index (χ1) is 14.2. The molecule has 1 aromatic carbocycles. The lowest BCUT2D eigenvalue weighted by Gasteiger charge is -2.33. The van der Waals surface area contributed by atoms with Gasteiger partial charge in [-0.3, -0.25) is 14.7 Å².